The minimum absolute atomic E-state index is 0.000236. The van der Waals surface area contributed by atoms with Crippen molar-refractivity contribution >= 4 is 19.9 Å². The summed E-state index contributed by atoms with van der Waals surface area (Å²) in [6.07, 6.45) is 0.271. The molecule has 0 aliphatic carbocycles. The van der Waals surface area contributed by atoms with Crippen LogP contribution in [0.5, 0.6) is 0 Å². The van der Waals surface area contributed by atoms with Crippen LogP contribution >= 0.6 is 0 Å². The van der Waals surface area contributed by atoms with Crippen LogP contribution in [0.2, 0.25) is 0 Å². The molecule has 0 aromatic carbocycles. The lowest BCUT2D eigenvalue weighted by Crippen LogP contribution is -2.47. The van der Waals surface area contributed by atoms with E-state index in [4.69, 9.17) is 0 Å². The highest BCUT2D eigenvalue weighted by atomic mass is 32.2. The maximum absolute atomic E-state index is 12.6. The van der Waals surface area contributed by atoms with Gasteiger partial charge in [-0.15, -0.1) is 0 Å². The normalized spacial score (nSPS) is 25.3. The number of nitrogens with zero attached hydrogens (tertiary/aromatic N) is 1. The Hall–Kier alpha value is -0.970. The number of sulfone groups is 1. The van der Waals surface area contributed by atoms with E-state index in [2.05, 4.69) is 20.2 Å². The van der Waals surface area contributed by atoms with Gasteiger partial charge in [0.25, 0.3) is 0 Å². The summed E-state index contributed by atoms with van der Waals surface area (Å²) >= 11 is 0. The zero-order chi connectivity index (χ0) is 15.9. The summed E-state index contributed by atoms with van der Waals surface area (Å²) in [5.74, 6) is -0.183. The molecule has 120 valence electrons. The fourth-order valence-corrected chi connectivity index (χ4v) is 6.57. The van der Waals surface area contributed by atoms with E-state index in [-0.39, 0.29) is 22.8 Å². The van der Waals surface area contributed by atoms with Crippen LogP contribution in [0.1, 0.15) is 24.7 Å². The summed E-state index contributed by atoms with van der Waals surface area (Å²) in [5, 5.41) is 9.48. The van der Waals surface area contributed by atoms with E-state index >= 15 is 0 Å². The molecule has 21 heavy (non-hydrogen) atoms. The van der Waals surface area contributed by atoms with Gasteiger partial charge in [0.05, 0.1) is 22.9 Å². The first-order valence-electron chi connectivity index (χ1n) is 6.51. The number of rotatable bonds is 5. The number of aryl methyl sites for hydroxylation is 1. The molecule has 3 N–H and O–H groups in total. The average molecular weight is 336 g/mol. The number of sulfonamides is 1. The second kappa shape index (κ2) is 5.34. The summed E-state index contributed by atoms with van der Waals surface area (Å²) < 4.78 is 50.9. The van der Waals surface area contributed by atoms with Gasteiger partial charge in [-0.25, -0.2) is 21.6 Å². The summed E-state index contributed by atoms with van der Waals surface area (Å²) in [6, 6.07) is 0. The minimum atomic E-state index is -3.84. The molecular formula is C11H20N4O4S2. The molecule has 1 aromatic rings. The van der Waals surface area contributed by atoms with Crippen molar-refractivity contribution in [3.8, 4) is 0 Å². The predicted molar refractivity (Wildman–Crippen MR) is 78.1 cm³/mol. The standard InChI is InChI=1S/C11H20N4O4S2/c1-8-10(9(6-12-3)14-13-8)21(18,19)15-11(2)4-5-20(16,17)7-11/h12,15H,4-7H2,1-3H3,(H,13,14). The molecule has 1 saturated heterocycles. The lowest BCUT2D eigenvalue weighted by molar-refractivity contribution is 0.461. The van der Waals surface area contributed by atoms with Gasteiger partial charge in [-0.3, -0.25) is 5.10 Å². The maximum Gasteiger partial charge on any atom is 0.244 e. The predicted octanol–water partition coefficient (Wildman–Crippen LogP) is -0.707. The van der Waals surface area contributed by atoms with Gasteiger partial charge in [0.2, 0.25) is 10.0 Å². The maximum atomic E-state index is 12.6. The lowest BCUT2D eigenvalue weighted by atomic mass is 10.0. The van der Waals surface area contributed by atoms with E-state index in [0.29, 0.717) is 17.9 Å². The van der Waals surface area contributed by atoms with Gasteiger partial charge in [-0.05, 0) is 27.3 Å². The summed E-state index contributed by atoms with van der Waals surface area (Å²) in [7, 11) is -5.34. The third-order valence-corrected chi connectivity index (χ3v) is 7.20. The smallest absolute Gasteiger partial charge is 0.244 e. The second-order valence-electron chi connectivity index (χ2n) is 5.66. The molecule has 2 rings (SSSR count). The monoisotopic (exact) mass is 336 g/mol. The van der Waals surface area contributed by atoms with Crippen LogP contribution in [0.4, 0.5) is 0 Å². The first-order chi connectivity index (χ1) is 9.59. The topological polar surface area (TPSA) is 121 Å². The van der Waals surface area contributed by atoms with Crippen LogP contribution in [0, 0.1) is 6.92 Å². The van der Waals surface area contributed by atoms with E-state index < -0.39 is 25.4 Å². The van der Waals surface area contributed by atoms with Gasteiger partial charge in [0.1, 0.15) is 4.90 Å². The molecule has 10 heteroatoms. The van der Waals surface area contributed by atoms with Crippen molar-refractivity contribution in [2.24, 2.45) is 0 Å². The van der Waals surface area contributed by atoms with Crippen molar-refractivity contribution < 1.29 is 16.8 Å². The Bertz CT molecular complexity index is 738. The Morgan fingerprint density at radius 2 is 2.10 bits per heavy atom. The highest BCUT2D eigenvalue weighted by molar-refractivity contribution is 7.92. The second-order valence-corrected chi connectivity index (χ2v) is 9.47. The van der Waals surface area contributed by atoms with Crippen molar-refractivity contribution in [3.63, 3.8) is 0 Å². The molecule has 0 bridgehead atoms. The largest absolute Gasteiger partial charge is 0.314 e. The van der Waals surface area contributed by atoms with Crippen molar-refractivity contribution in [1.29, 1.82) is 0 Å². The van der Waals surface area contributed by atoms with Crippen LogP contribution in [0.25, 0.3) is 0 Å². The Morgan fingerprint density at radius 3 is 2.62 bits per heavy atom. The quantitative estimate of drug-likeness (QED) is 0.653. The molecule has 8 nitrogen and oxygen atoms in total. The molecule has 1 aliphatic heterocycles. The van der Waals surface area contributed by atoms with Crippen LogP contribution in [-0.2, 0) is 26.4 Å². The number of aromatic amines is 1. The SMILES string of the molecule is CNCc1n[nH]c(C)c1S(=O)(=O)NC1(C)CCS(=O)(=O)C1. The third kappa shape index (κ3) is 3.44. The molecule has 0 radical (unpaired) electrons. The van der Waals surface area contributed by atoms with Crippen LogP contribution in [0.15, 0.2) is 4.90 Å². The molecular weight excluding hydrogens is 316 g/mol. The minimum Gasteiger partial charge on any atom is -0.314 e. The molecule has 1 aliphatic rings. The van der Waals surface area contributed by atoms with E-state index in [0.717, 1.165) is 0 Å². The summed E-state index contributed by atoms with van der Waals surface area (Å²) in [5.41, 5.74) is -0.165. The van der Waals surface area contributed by atoms with Crippen molar-refractivity contribution in [3.05, 3.63) is 11.4 Å². The molecule has 0 spiro atoms. The first-order valence-corrected chi connectivity index (χ1v) is 9.82. The highest BCUT2D eigenvalue weighted by Crippen LogP contribution is 2.26. The van der Waals surface area contributed by atoms with Gasteiger partial charge < -0.3 is 5.32 Å². The van der Waals surface area contributed by atoms with Crippen molar-refractivity contribution in [1.82, 2.24) is 20.2 Å². The van der Waals surface area contributed by atoms with Gasteiger partial charge in [0.15, 0.2) is 9.84 Å². The molecule has 1 unspecified atom stereocenters. The van der Waals surface area contributed by atoms with Gasteiger partial charge in [0, 0.05) is 12.1 Å². The number of aromatic nitrogens is 2. The molecule has 1 aromatic heterocycles. The van der Waals surface area contributed by atoms with Crippen molar-refractivity contribution in [2.45, 2.75) is 37.2 Å². The summed E-state index contributed by atoms with van der Waals surface area (Å²) in [4.78, 5) is 0.0855. The fraction of sp³-hybridized carbons (Fsp3) is 0.727. The number of H-pyrrole nitrogens is 1. The van der Waals surface area contributed by atoms with Gasteiger partial charge in [-0.1, -0.05) is 0 Å². The number of hydrogen-bond acceptors (Lipinski definition) is 6. The van der Waals surface area contributed by atoms with E-state index in [9.17, 15) is 16.8 Å². The fourth-order valence-electron chi connectivity index (χ4n) is 2.58. The average Bonchev–Trinajstić information content (AvgIpc) is 2.80. The van der Waals surface area contributed by atoms with Crippen LogP contribution in [0.3, 0.4) is 0 Å². The Labute approximate surface area is 124 Å². The van der Waals surface area contributed by atoms with Crippen LogP contribution in [-0.4, -0.2) is 51.1 Å². The lowest BCUT2D eigenvalue weighted by Gasteiger charge is -2.23. The zero-order valence-corrected chi connectivity index (χ0v) is 13.9. The van der Waals surface area contributed by atoms with E-state index in [1.165, 1.54) is 0 Å². The number of nitrogens with one attached hydrogen (secondary N) is 3. The Kier molecular flexibility index (Phi) is 4.17. The zero-order valence-electron chi connectivity index (χ0n) is 12.2. The van der Waals surface area contributed by atoms with E-state index in [1.54, 1.807) is 20.9 Å². The Balaban J connectivity index is 2.34. The number of hydrogen-bond donors (Lipinski definition) is 3. The molecule has 0 amide bonds. The third-order valence-electron chi connectivity index (χ3n) is 3.46. The van der Waals surface area contributed by atoms with Crippen molar-refractivity contribution in [2.75, 3.05) is 18.6 Å². The summed E-state index contributed by atoms with van der Waals surface area (Å²) in [6.45, 7) is 3.53. The van der Waals surface area contributed by atoms with Gasteiger partial charge in [-0.2, -0.15) is 5.10 Å². The first kappa shape index (κ1) is 16.4. The highest BCUT2D eigenvalue weighted by Gasteiger charge is 2.42. The molecule has 2 heterocycles. The Morgan fingerprint density at radius 1 is 1.43 bits per heavy atom. The molecule has 1 atom stereocenters. The molecule has 0 saturated carbocycles. The van der Waals surface area contributed by atoms with Gasteiger partial charge >= 0.3 is 0 Å². The van der Waals surface area contributed by atoms with E-state index in [1.807, 2.05) is 0 Å². The van der Waals surface area contributed by atoms with Crippen LogP contribution < -0.4 is 10.0 Å². The molecule has 1 fully saturated rings.